The van der Waals surface area contributed by atoms with Gasteiger partial charge in [-0.2, -0.15) is 0 Å². The maximum absolute atomic E-state index is 11.5. The number of nitrogens with one attached hydrogen (secondary N) is 2. The molecule has 0 fully saturated rings. The molecule has 0 aliphatic heterocycles. The topological polar surface area (TPSA) is 84.2 Å². The summed E-state index contributed by atoms with van der Waals surface area (Å²) in [6.07, 6.45) is 7.98. The third-order valence-corrected chi connectivity index (χ3v) is 2.88. The van der Waals surface area contributed by atoms with Gasteiger partial charge in [0.25, 0.3) is 0 Å². The average Bonchev–Trinajstić information content (AvgIpc) is 2.29. The number of urea groups is 1. The van der Waals surface area contributed by atoms with Gasteiger partial charge in [-0.05, 0) is 39.0 Å². The van der Waals surface area contributed by atoms with Crippen LogP contribution in [0.15, 0.2) is 11.6 Å². The van der Waals surface area contributed by atoms with E-state index in [0.29, 0.717) is 6.54 Å². The molecular formula is C12H21N3O2. The van der Waals surface area contributed by atoms with Gasteiger partial charge >= 0.3 is 6.03 Å². The van der Waals surface area contributed by atoms with Crippen molar-refractivity contribution in [1.29, 1.82) is 0 Å². The van der Waals surface area contributed by atoms with E-state index in [1.807, 2.05) is 0 Å². The fourth-order valence-electron chi connectivity index (χ4n) is 1.91. The minimum absolute atomic E-state index is 0.194. The van der Waals surface area contributed by atoms with Gasteiger partial charge in [0, 0.05) is 6.54 Å². The molecule has 1 aliphatic carbocycles. The van der Waals surface area contributed by atoms with Gasteiger partial charge in [0.15, 0.2) is 0 Å². The number of rotatable bonds is 5. The van der Waals surface area contributed by atoms with Crippen molar-refractivity contribution in [3.63, 3.8) is 0 Å². The van der Waals surface area contributed by atoms with Crippen LogP contribution in [-0.4, -0.2) is 24.5 Å². The normalized spacial score (nSPS) is 16.9. The summed E-state index contributed by atoms with van der Waals surface area (Å²) >= 11 is 0. The summed E-state index contributed by atoms with van der Waals surface area (Å²) < 4.78 is 0. The highest BCUT2D eigenvalue weighted by Crippen LogP contribution is 2.19. The molecule has 0 aromatic heterocycles. The van der Waals surface area contributed by atoms with Crippen LogP contribution in [0.1, 0.15) is 39.0 Å². The van der Waals surface area contributed by atoms with E-state index < -0.39 is 12.1 Å². The van der Waals surface area contributed by atoms with Gasteiger partial charge in [-0.3, -0.25) is 4.79 Å². The monoisotopic (exact) mass is 239 g/mol. The van der Waals surface area contributed by atoms with Crippen molar-refractivity contribution < 1.29 is 9.59 Å². The Labute approximate surface area is 102 Å². The molecule has 1 atom stereocenters. The summed E-state index contributed by atoms with van der Waals surface area (Å²) in [7, 11) is 0. The molecule has 5 heteroatoms. The van der Waals surface area contributed by atoms with E-state index in [-0.39, 0.29) is 5.91 Å². The van der Waals surface area contributed by atoms with Crippen LogP contribution in [0.3, 0.4) is 0 Å². The van der Waals surface area contributed by atoms with Crippen LogP contribution in [0.25, 0.3) is 0 Å². The minimum Gasteiger partial charge on any atom is -0.354 e. The van der Waals surface area contributed by atoms with E-state index in [1.165, 1.54) is 18.4 Å². The summed E-state index contributed by atoms with van der Waals surface area (Å²) in [6, 6.07) is -1.25. The highest BCUT2D eigenvalue weighted by Gasteiger charge is 2.13. The van der Waals surface area contributed by atoms with Gasteiger partial charge in [-0.1, -0.05) is 11.6 Å². The van der Waals surface area contributed by atoms with Crippen LogP contribution < -0.4 is 16.4 Å². The minimum atomic E-state index is -0.678. The second-order valence-electron chi connectivity index (χ2n) is 4.38. The predicted molar refractivity (Wildman–Crippen MR) is 66.4 cm³/mol. The van der Waals surface area contributed by atoms with E-state index in [0.717, 1.165) is 19.3 Å². The van der Waals surface area contributed by atoms with Crippen LogP contribution in [0, 0.1) is 0 Å². The Balaban J connectivity index is 2.19. The average molecular weight is 239 g/mol. The predicted octanol–water partition coefficient (Wildman–Crippen LogP) is 1.05. The van der Waals surface area contributed by atoms with E-state index in [1.54, 1.807) is 6.92 Å². The molecule has 0 unspecified atom stereocenters. The molecule has 1 rings (SSSR count). The Kier molecular flexibility index (Phi) is 5.52. The van der Waals surface area contributed by atoms with Crippen molar-refractivity contribution in [2.45, 2.75) is 45.1 Å². The van der Waals surface area contributed by atoms with E-state index >= 15 is 0 Å². The highest BCUT2D eigenvalue weighted by atomic mass is 16.2. The van der Waals surface area contributed by atoms with Gasteiger partial charge in [-0.15, -0.1) is 0 Å². The molecule has 4 N–H and O–H groups in total. The zero-order valence-corrected chi connectivity index (χ0v) is 10.3. The van der Waals surface area contributed by atoms with E-state index in [4.69, 9.17) is 5.73 Å². The van der Waals surface area contributed by atoms with Crippen LogP contribution in [0.5, 0.6) is 0 Å². The standard InChI is InChI=1S/C12H21N3O2/c1-9(15-12(13)17)11(16)14-8-7-10-5-3-2-4-6-10/h5,9H,2-4,6-8H2,1H3,(H,14,16)(H3,13,15,17)/t9-/m0/s1. The fraction of sp³-hybridized carbons (Fsp3) is 0.667. The molecule has 1 aliphatic rings. The number of nitrogens with two attached hydrogens (primary N) is 1. The lowest BCUT2D eigenvalue weighted by Gasteiger charge is -2.15. The molecule has 96 valence electrons. The summed E-state index contributed by atoms with van der Waals surface area (Å²) in [4.78, 5) is 22.1. The van der Waals surface area contributed by atoms with Crippen molar-refractivity contribution in [1.82, 2.24) is 10.6 Å². The van der Waals surface area contributed by atoms with Crippen LogP contribution in [0.4, 0.5) is 4.79 Å². The molecule has 0 heterocycles. The molecule has 0 saturated heterocycles. The van der Waals surface area contributed by atoms with Crippen molar-refractivity contribution in [2.75, 3.05) is 6.54 Å². The van der Waals surface area contributed by atoms with Gasteiger partial charge < -0.3 is 16.4 Å². The lowest BCUT2D eigenvalue weighted by molar-refractivity contribution is -0.122. The third-order valence-electron chi connectivity index (χ3n) is 2.88. The lowest BCUT2D eigenvalue weighted by Crippen LogP contribution is -2.46. The smallest absolute Gasteiger partial charge is 0.312 e. The molecule has 0 aromatic rings. The van der Waals surface area contributed by atoms with Crippen molar-refractivity contribution in [3.05, 3.63) is 11.6 Å². The molecule has 0 radical (unpaired) electrons. The molecular weight excluding hydrogens is 218 g/mol. The second-order valence-corrected chi connectivity index (χ2v) is 4.38. The maximum atomic E-state index is 11.5. The lowest BCUT2D eigenvalue weighted by atomic mass is 9.97. The van der Waals surface area contributed by atoms with Crippen LogP contribution in [0.2, 0.25) is 0 Å². The Morgan fingerprint density at radius 2 is 2.24 bits per heavy atom. The highest BCUT2D eigenvalue weighted by molar-refractivity contribution is 5.86. The Morgan fingerprint density at radius 3 is 2.82 bits per heavy atom. The molecule has 0 saturated carbocycles. The summed E-state index contributed by atoms with van der Waals surface area (Å²) in [5.74, 6) is -0.194. The number of allylic oxidation sites excluding steroid dienone is 1. The van der Waals surface area contributed by atoms with Crippen LogP contribution in [-0.2, 0) is 4.79 Å². The van der Waals surface area contributed by atoms with Crippen LogP contribution >= 0.6 is 0 Å². The van der Waals surface area contributed by atoms with E-state index in [9.17, 15) is 9.59 Å². The van der Waals surface area contributed by atoms with Gasteiger partial charge in [0.2, 0.25) is 5.91 Å². The summed E-state index contributed by atoms with van der Waals surface area (Å²) in [6.45, 7) is 2.23. The second kappa shape index (κ2) is 6.93. The molecule has 5 nitrogen and oxygen atoms in total. The van der Waals surface area contributed by atoms with Crippen molar-refractivity contribution >= 4 is 11.9 Å². The SMILES string of the molecule is C[C@H](NC(N)=O)C(=O)NCCC1=CCCCC1. The number of primary amides is 1. The molecule has 17 heavy (non-hydrogen) atoms. The van der Waals surface area contributed by atoms with Gasteiger partial charge in [-0.25, -0.2) is 4.79 Å². The van der Waals surface area contributed by atoms with Crippen molar-refractivity contribution in [2.24, 2.45) is 5.73 Å². The quantitative estimate of drug-likeness (QED) is 0.626. The Hall–Kier alpha value is -1.52. The Morgan fingerprint density at radius 1 is 1.47 bits per heavy atom. The fourth-order valence-corrected chi connectivity index (χ4v) is 1.91. The number of hydrogen-bond acceptors (Lipinski definition) is 2. The maximum Gasteiger partial charge on any atom is 0.312 e. The summed E-state index contributed by atoms with van der Waals surface area (Å²) in [5.41, 5.74) is 6.36. The van der Waals surface area contributed by atoms with E-state index in [2.05, 4.69) is 16.7 Å². The zero-order valence-electron chi connectivity index (χ0n) is 10.3. The van der Waals surface area contributed by atoms with Gasteiger partial charge in [0.05, 0.1) is 0 Å². The first-order valence-electron chi connectivity index (χ1n) is 6.11. The number of hydrogen-bond donors (Lipinski definition) is 3. The first-order valence-corrected chi connectivity index (χ1v) is 6.11. The number of amides is 3. The van der Waals surface area contributed by atoms with Gasteiger partial charge in [0.1, 0.15) is 6.04 Å². The first kappa shape index (κ1) is 13.5. The summed E-state index contributed by atoms with van der Waals surface area (Å²) in [5, 5.41) is 5.13. The number of carbonyl (C=O) groups is 2. The molecule has 0 spiro atoms. The zero-order chi connectivity index (χ0) is 12.7. The molecule has 0 bridgehead atoms. The number of carbonyl (C=O) groups excluding carboxylic acids is 2. The third kappa shape index (κ3) is 5.38. The first-order chi connectivity index (χ1) is 8.09. The Bertz CT molecular complexity index is 313. The molecule has 3 amide bonds. The van der Waals surface area contributed by atoms with Crippen molar-refractivity contribution in [3.8, 4) is 0 Å². The largest absolute Gasteiger partial charge is 0.354 e. The molecule has 0 aromatic carbocycles.